The van der Waals surface area contributed by atoms with E-state index in [1.54, 1.807) is 42.4 Å². The van der Waals surface area contributed by atoms with E-state index in [-0.39, 0.29) is 0 Å². The molecule has 9 nitrogen and oxygen atoms in total. The second-order valence-electron chi connectivity index (χ2n) is 6.87. The van der Waals surface area contributed by atoms with Gasteiger partial charge in [0, 0.05) is 43.0 Å². The van der Waals surface area contributed by atoms with Gasteiger partial charge in [-0.05, 0) is 47.5 Å². The summed E-state index contributed by atoms with van der Waals surface area (Å²) >= 11 is 0. The van der Waals surface area contributed by atoms with Crippen molar-refractivity contribution in [1.29, 1.82) is 0 Å². The van der Waals surface area contributed by atoms with Crippen molar-refractivity contribution in [2.45, 2.75) is 6.54 Å². The number of benzene rings is 1. The molecule has 32 heavy (non-hydrogen) atoms. The Morgan fingerprint density at radius 2 is 1.75 bits per heavy atom. The maximum atomic E-state index is 11.6. The van der Waals surface area contributed by atoms with Crippen LogP contribution in [0.2, 0.25) is 0 Å². The summed E-state index contributed by atoms with van der Waals surface area (Å²) in [5.41, 5.74) is 4.90. The molecule has 0 saturated heterocycles. The minimum absolute atomic E-state index is 0.364. The lowest BCUT2D eigenvalue weighted by atomic mass is 10.1. The van der Waals surface area contributed by atoms with Gasteiger partial charge >= 0.3 is 0 Å². The lowest BCUT2D eigenvalue weighted by Crippen LogP contribution is -2.20. The maximum Gasteiger partial charge on any atom is 0.274 e. The summed E-state index contributed by atoms with van der Waals surface area (Å²) < 4.78 is 0. The van der Waals surface area contributed by atoms with Gasteiger partial charge in [-0.25, -0.2) is 20.4 Å². The van der Waals surface area contributed by atoms with Gasteiger partial charge in [0.1, 0.15) is 11.6 Å². The average Bonchev–Trinajstić information content (AvgIpc) is 2.88. The molecule has 4 aromatic rings. The third-order valence-electron chi connectivity index (χ3n) is 4.86. The van der Waals surface area contributed by atoms with Crippen LogP contribution < -0.4 is 15.7 Å². The van der Waals surface area contributed by atoms with E-state index in [2.05, 4.69) is 25.3 Å². The minimum atomic E-state index is -0.558. The van der Waals surface area contributed by atoms with E-state index < -0.39 is 5.91 Å². The predicted octanol–water partition coefficient (Wildman–Crippen LogP) is 3.43. The molecular weight excluding hydrogens is 406 g/mol. The van der Waals surface area contributed by atoms with Crippen molar-refractivity contribution in [3.63, 3.8) is 0 Å². The molecule has 3 N–H and O–H groups in total. The van der Waals surface area contributed by atoms with Crippen LogP contribution in [0.25, 0.3) is 11.1 Å². The van der Waals surface area contributed by atoms with Crippen molar-refractivity contribution >= 4 is 23.4 Å². The Kier molecular flexibility index (Phi) is 6.28. The summed E-state index contributed by atoms with van der Waals surface area (Å²) in [7, 11) is 1.83. The fourth-order valence-electron chi connectivity index (χ4n) is 3.18. The molecule has 9 heteroatoms. The van der Waals surface area contributed by atoms with Crippen LogP contribution in [0, 0.1) is 0 Å². The average molecular weight is 427 g/mol. The quantitative estimate of drug-likeness (QED) is 0.303. The van der Waals surface area contributed by atoms with Crippen LogP contribution in [0.5, 0.6) is 0 Å². The van der Waals surface area contributed by atoms with Gasteiger partial charge in [-0.3, -0.25) is 15.0 Å². The minimum Gasteiger partial charge on any atom is -0.373 e. The highest BCUT2D eigenvalue weighted by molar-refractivity contribution is 5.93. The number of anilines is 3. The summed E-state index contributed by atoms with van der Waals surface area (Å²) in [6.07, 6.45) is 8.47. The van der Waals surface area contributed by atoms with Crippen LogP contribution in [-0.2, 0) is 6.54 Å². The van der Waals surface area contributed by atoms with E-state index in [9.17, 15) is 4.79 Å². The molecular formula is C23H21N7O2. The Balaban J connectivity index is 1.63. The van der Waals surface area contributed by atoms with Gasteiger partial charge in [-0.15, -0.1) is 0 Å². The smallest absolute Gasteiger partial charge is 0.274 e. The molecule has 0 aliphatic rings. The molecule has 0 atom stereocenters. The molecule has 0 unspecified atom stereocenters. The molecule has 0 radical (unpaired) electrons. The molecule has 3 heterocycles. The third kappa shape index (κ3) is 4.68. The van der Waals surface area contributed by atoms with Gasteiger partial charge in [0.15, 0.2) is 5.82 Å². The molecule has 1 amide bonds. The summed E-state index contributed by atoms with van der Waals surface area (Å²) in [4.78, 5) is 31.0. The number of hydroxylamine groups is 1. The molecule has 0 aliphatic carbocycles. The molecule has 4 rings (SSSR count). The topological polar surface area (TPSA) is 116 Å². The Morgan fingerprint density at radius 1 is 0.906 bits per heavy atom. The van der Waals surface area contributed by atoms with E-state index >= 15 is 0 Å². The number of hydrogen-bond acceptors (Lipinski definition) is 8. The van der Waals surface area contributed by atoms with E-state index in [1.807, 2.05) is 54.5 Å². The zero-order valence-corrected chi connectivity index (χ0v) is 17.3. The van der Waals surface area contributed by atoms with E-state index in [1.165, 1.54) is 0 Å². The number of carbonyl (C=O) groups is 1. The molecule has 3 aromatic heterocycles. The second-order valence-corrected chi connectivity index (χ2v) is 6.87. The standard InChI is InChI=1S/C23H21N7O2/c1-24-20-12-18(8-9-26-20)19-6-7-21(28-13-19)30(22-14-25-10-11-27-22)15-16-2-4-17(5-3-16)23(31)29-32/h2-14,32H,15H2,1H3,(H,24,26)(H,29,31). The lowest BCUT2D eigenvalue weighted by molar-refractivity contribution is 0.0706. The summed E-state index contributed by atoms with van der Waals surface area (Å²) in [5.74, 6) is 1.57. The number of amides is 1. The monoisotopic (exact) mass is 427 g/mol. The first-order chi connectivity index (χ1) is 15.7. The van der Waals surface area contributed by atoms with Gasteiger partial charge in [0.25, 0.3) is 5.91 Å². The molecule has 0 spiro atoms. The van der Waals surface area contributed by atoms with Gasteiger partial charge in [0.05, 0.1) is 12.7 Å². The number of carbonyl (C=O) groups excluding carboxylic acids is 1. The largest absolute Gasteiger partial charge is 0.373 e. The number of nitrogens with zero attached hydrogens (tertiary/aromatic N) is 5. The molecule has 0 fully saturated rings. The van der Waals surface area contributed by atoms with Gasteiger partial charge in [-0.1, -0.05) is 12.1 Å². The van der Waals surface area contributed by atoms with Crippen molar-refractivity contribution in [2.24, 2.45) is 0 Å². The van der Waals surface area contributed by atoms with Crippen molar-refractivity contribution in [3.05, 3.63) is 90.6 Å². The third-order valence-corrected chi connectivity index (χ3v) is 4.86. The zero-order chi connectivity index (χ0) is 22.3. The summed E-state index contributed by atoms with van der Waals surface area (Å²) in [6, 6.07) is 14.7. The van der Waals surface area contributed by atoms with Gasteiger partial charge in [-0.2, -0.15) is 0 Å². The molecule has 160 valence electrons. The van der Waals surface area contributed by atoms with Crippen LogP contribution in [0.15, 0.2) is 79.5 Å². The SMILES string of the molecule is CNc1cc(-c2ccc(N(Cc3ccc(C(=O)NO)cc3)c3cnccn3)nc2)ccn1. The van der Waals surface area contributed by atoms with E-state index in [0.717, 1.165) is 22.5 Å². The highest BCUT2D eigenvalue weighted by Crippen LogP contribution is 2.27. The van der Waals surface area contributed by atoms with E-state index in [4.69, 9.17) is 5.21 Å². The first-order valence-electron chi connectivity index (χ1n) is 9.85. The molecule has 0 saturated carbocycles. The Labute approximate surface area is 184 Å². The fraction of sp³-hybridized carbons (Fsp3) is 0.0870. The van der Waals surface area contributed by atoms with Crippen LogP contribution in [0.4, 0.5) is 17.5 Å². The van der Waals surface area contributed by atoms with Gasteiger partial charge < -0.3 is 10.2 Å². The second kappa shape index (κ2) is 9.63. The first kappa shape index (κ1) is 20.9. The molecule has 1 aromatic carbocycles. The summed E-state index contributed by atoms with van der Waals surface area (Å²) in [6.45, 7) is 0.464. The number of aromatic nitrogens is 4. The molecule has 0 bridgehead atoms. The number of hydrogen-bond donors (Lipinski definition) is 3. The normalized spacial score (nSPS) is 10.4. The van der Waals surface area contributed by atoms with Crippen LogP contribution in [-0.4, -0.2) is 38.1 Å². The van der Waals surface area contributed by atoms with Crippen molar-refractivity contribution in [1.82, 2.24) is 25.4 Å². The van der Waals surface area contributed by atoms with E-state index in [0.29, 0.717) is 23.7 Å². The number of pyridine rings is 2. The highest BCUT2D eigenvalue weighted by atomic mass is 16.5. The van der Waals surface area contributed by atoms with Crippen LogP contribution in [0.1, 0.15) is 15.9 Å². The predicted molar refractivity (Wildman–Crippen MR) is 121 cm³/mol. The lowest BCUT2D eigenvalue weighted by Gasteiger charge is -2.23. The van der Waals surface area contributed by atoms with Crippen molar-refractivity contribution in [2.75, 3.05) is 17.3 Å². The Morgan fingerprint density at radius 3 is 2.41 bits per heavy atom. The number of nitrogens with one attached hydrogen (secondary N) is 2. The molecule has 0 aliphatic heterocycles. The highest BCUT2D eigenvalue weighted by Gasteiger charge is 2.14. The zero-order valence-electron chi connectivity index (χ0n) is 17.3. The first-order valence-corrected chi connectivity index (χ1v) is 9.85. The Hall–Kier alpha value is -4.37. The van der Waals surface area contributed by atoms with Gasteiger partial charge in [0.2, 0.25) is 0 Å². The van der Waals surface area contributed by atoms with Crippen molar-refractivity contribution < 1.29 is 10.0 Å². The number of rotatable bonds is 7. The fourth-order valence-corrected chi connectivity index (χ4v) is 3.18. The van der Waals surface area contributed by atoms with Crippen LogP contribution in [0.3, 0.4) is 0 Å². The van der Waals surface area contributed by atoms with Crippen molar-refractivity contribution in [3.8, 4) is 11.1 Å². The maximum absolute atomic E-state index is 11.6. The Bertz CT molecular complexity index is 1180. The van der Waals surface area contributed by atoms with Crippen LogP contribution >= 0.6 is 0 Å². The summed E-state index contributed by atoms with van der Waals surface area (Å²) in [5, 5.41) is 11.8.